The van der Waals surface area contributed by atoms with Crippen LogP contribution < -0.4 is 4.72 Å². The molecule has 0 radical (unpaired) electrons. The Balaban J connectivity index is 4.30. The molecule has 0 saturated heterocycles. The van der Waals surface area contributed by atoms with E-state index in [1.165, 1.54) is 6.08 Å². The van der Waals surface area contributed by atoms with Gasteiger partial charge in [0.1, 0.15) is 6.04 Å². The molecule has 0 amide bonds. The van der Waals surface area contributed by atoms with E-state index in [0.717, 1.165) is 0 Å². The molecule has 0 aliphatic rings. The highest BCUT2D eigenvalue weighted by Gasteiger charge is 2.22. The van der Waals surface area contributed by atoms with Crippen LogP contribution in [0.1, 0.15) is 13.3 Å². The van der Waals surface area contributed by atoms with E-state index in [1.54, 1.807) is 6.92 Å². The molecule has 0 aromatic rings. The lowest BCUT2D eigenvalue weighted by molar-refractivity contribution is -0.138. The summed E-state index contributed by atoms with van der Waals surface area (Å²) < 4.78 is 29.8. The molecular weight excluding hydrogens is 234 g/mol. The largest absolute Gasteiger partial charge is 0.480 e. The van der Waals surface area contributed by atoms with Gasteiger partial charge in [-0.15, -0.1) is 6.58 Å². The Morgan fingerprint density at radius 2 is 2.25 bits per heavy atom. The topological polar surface area (TPSA) is 92.7 Å². The molecule has 7 heteroatoms. The van der Waals surface area contributed by atoms with Crippen LogP contribution in [-0.4, -0.2) is 44.5 Å². The Hall–Kier alpha value is -0.920. The van der Waals surface area contributed by atoms with Gasteiger partial charge in [0.05, 0.1) is 12.4 Å². The zero-order valence-corrected chi connectivity index (χ0v) is 10.00. The van der Waals surface area contributed by atoms with E-state index in [9.17, 15) is 13.2 Å². The minimum atomic E-state index is -3.62. The Labute approximate surface area is 95.3 Å². The fourth-order valence-electron chi connectivity index (χ4n) is 0.955. The van der Waals surface area contributed by atoms with Crippen molar-refractivity contribution < 1.29 is 23.1 Å². The molecule has 0 aromatic carbocycles. The second-order valence-electron chi connectivity index (χ2n) is 3.05. The summed E-state index contributed by atoms with van der Waals surface area (Å²) in [6.07, 6.45) is 1.40. The summed E-state index contributed by atoms with van der Waals surface area (Å²) in [6, 6.07) is -1.16. The second kappa shape index (κ2) is 7.37. The van der Waals surface area contributed by atoms with Crippen molar-refractivity contribution in [2.75, 3.05) is 19.0 Å². The molecule has 0 spiro atoms. The zero-order valence-electron chi connectivity index (χ0n) is 9.18. The minimum Gasteiger partial charge on any atom is -0.480 e. The number of carbonyl (C=O) groups is 1. The number of carboxylic acids is 1. The van der Waals surface area contributed by atoms with Crippen LogP contribution in [0, 0.1) is 0 Å². The van der Waals surface area contributed by atoms with Crippen LogP contribution in [0.4, 0.5) is 0 Å². The lowest BCUT2D eigenvalue weighted by atomic mass is 10.2. The first kappa shape index (κ1) is 15.1. The van der Waals surface area contributed by atoms with Crippen molar-refractivity contribution in [2.24, 2.45) is 0 Å². The molecule has 0 aromatic heterocycles. The molecule has 0 rings (SSSR count). The first-order valence-corrected chi connectivity index (χ1v) is 6.49. The number of hydrogen-bond donors (Lipinski definition) is 2. The lowest BCUT2D eigenvalue weighted by Crippen LogP contribution is -2.42. The summed E-state index contributed by atoms with van der Waals surface area (Å²) in [5.41, 5.74) is 0. The van der Waals surface area contributed by atoms with Crippen LogP contribution >= 0.6 is 0 Å². The maximum Gasteiger partial charge on any atom is 0.322 e. The fourth-order valence-corrected chi connectivity index (χ4v) is 2.04. The molecule has 2 N–H and O–H groups in total. The predicted molar refractivity (Wildman–Crippen MR) is 59.7 cm³/mol. The number of rotatable bonds is 9. The zero-order chi connectivity index (χ0) is 12.6. The third-order valence-electron chi connectivity index (χ3n) is 1.72. The van der Waals surface area contributed by atoms with E-state index in [-0.39, 0.29) is 18.8 Å². The van der Waals surface area contributed by atoms with Crippen molar-refractivity contribution in [3.05, 3.63) is 12.7 Å². The summed E-state index contributed by atoms with van der Waals surface area (Å²) in [6.45, 7) is 5.58. The van der Waals surface area contributed by atoms with Gasteiger partial charge in [-0.2, -0.15) is 0 Å². The smallest absolute Gasteiger partial charge is 0.322 e. The highest BCUT2D eigenvalue weighted by Crippen LogP contribution is 1.97. The van der Waals surface area contributed by atoms with E-state index in [0.29, 0.717) is 6.61 Å². The third kappa shape index (κ3) is 6.54. The number of ether oxygens (including phenoxy) is 1. The fraction of sp³-hybridized carbons (Fsp3) is 0.667. The van der Waals surface area contributed by atoms with Gasteiger partial charge in [-0.1, -0.05) is 6.08 Å². The van der Waals surface area contributed by atoms with Crippen molar-refractivity contribution in [1.29, 1.82) is 0 Å². The van der Waals surface area contributed by atoms with E-state index < -0.39 is 22.0 Å². The van der Waals surface area contributed by atoms with Gasteiger partial charge in [-0.3, -0.25) is 4.79 Å². The molecule has 0 fully saturated rings. The standard InChI is InChI=1S/C9H17NO5S/c1-3-5-8(9(11)12)10-16(13,14)7-6-15-4-2/h3,8,10H,1,4-7H2,2H3,(H,11,12). The van der Waals surface area contributed by atoms with Crippen molar-refractivity contribution in [3.8, 4) is 0 Å². The average molecular weight is 251 g/mol. The van der Waals surface area contributed by atoms with Crippen LogP contribution in [0.5, 0.6) is 0 Å². The molecule has 94 valence electrons. The van der Waals surface area contributed by atoms with Crippen LogP contribution in [0.25, 0.3) is 0 Å². The van der Waals surface area contributed by atoms with Gasteiger partial charge >= 0.3 is 5.97 Å². The van der Waals surface area contributed by atoms with Gasteiger partial charge in [0, 0.05) is 6.61 Å². The molecule has 1 unspecified atom stereocenters. The number of hydrogen-bond acceptors (Lipinski definition) is 4. The van der Waals surface area contributed by atoms with Crippen LogP contribution in [-0.2, 0) is 19.6 Å². The lowest BCUT2D eigenvalue weighted by Gasteiger charge is -2.12. The monoisotopic (exact) mass is 251 g/mol. The second-order valence-corrected chi connectivity index (χ2v) is 4.92. The summed E-state index contributed by atoms with van der Waals surface area (Å²) in [7, 11) is -3.62. The van der Waals surface area contributed by atoms with Crippen molar-refractivity contribution in [2.45, 2.75) is 19.4 Å². The van der Waals surface area contributed by atoms with Gasteiger partial charge in [0.25, 0.3) is 0 Å². The van der Waals surface area contributed by atoms with Crippen molar-refractivity contribution in [1.82, 2.24) is 4.72 Å². The Bertz CT molecular complexity index is 325. The first-order valence-electron chi connectivity index (χ1n) is 4.84. The molecule has 0 heterocycles. The van der Waals surface area contributed by atoms with Crippen LogP contribution in [0.3, 0.4) is 0 Å². The number of aliphatic carboxylic acids is 1. The van der Waals surface area contributed by atoms with Gasteiger partial charge in [-0.25, -0.2) is 13.1 Å². The van der Waals surface area contributed by atoms with Crippen molar-refractivity contribution >= 4 is 16.0 Å². The van der Waals surface area contributed by atoms with Crippen molar-refractivity contribution in [3.63, 3.8) is 0 Å². The van der Waals surface area contributed by atoms with Gasteiger partial charge in [0.2, 0.25) is 10.0 Å². The molecule has 0 aliphatic carbocycles. The average Bonchev–Trinajstić information content (AvgIpc) is 2.17. The summed E-state index contributed by atoms with van der Waals surface area (Å²) in [4.78, 5) is 10.7. The van der Waals surface area contributed by atoms with E-state index in [1.807, 2.05) is 0 Å². The van der Waals surface area contributed by atoms with E-state index >= 15 is 0 Å². The van der Waals surface area contributed by atoms with Gasteiger partial charge in [-0.05, 0) is 13.3 Å². The highest BCUT2D eigenvalue weighted by atomic mass is 32.2. The van der Waals surface area contributed by atoms with Crippen LogP contribution in [0.15, 0.2) is 12.7 Å². The number of sulfonamides is 1. The highest BCUT2D eigenvalue weighted by molar-refractivity contribution is 7.89. The summed E-state index contributed by atoms with van der Waals surface area (Å²) >= 11 is 0. The molecule has 16 heavy (non-hydrogen) atoms. The van der Waals surface area contributed by atoms with E-state index in [4.69, 9.17) is 9.84 Å². The maximum atomic E-state index is 11.4. The quantitative estimate of drug-likeness (QED) is 0.443. The van der Waals surface area contributed by atoms with Gasteiger partial charge in [0.15, 0.2) is 0 Å². The normalized spacial score (nSPS) is 13.3. The first-order chi connectivity index (χ1) is 7.43. The maximum absolute atomic E-state index is 11.4. The summed E-state index contributed by atoms with van der Waals surface area (Å²) in [5.74, 6) is -1.47. The minimum absolute atomic E-state index is 0.0448. The van der Waals surface area contributed by atoms with Crippen LogP contribution in [0.2, 0.25) is 0 Å². The third-order valence-corrected chi connectivity index (χ3v) is 3.07. The number of carboxylic acid groups (broad SMARTS) is 1. The number of nitrogens with one attached hydrogen (secondary N) is 1. The molecule has 0 aliphatic heterocycles. The van der Waals surface area contributed by atoms with E-state index in [2.05, 4.69) is 11.3 Å². The predicted octanol–water partition coefficient (Wildman–Crippen LogP) is -0.0284. The molecule has 0 bridgehead atoms. The molecule has 6 nitrogen and oxygen atoms in total. The Morgan fingerprint density at radius 3 is 2.69 bits per heavy atom. The molecule has 1 atom stereocenters. The summed E-state index contributed by atoms with van der Waals surface area (Å²) in [5, 5.41) is 8.73. The SMILES string of the molecule is C=CCC(NS(=O)(=O)CCOCC)C(=O)O. The Morgan fingerprint density at radius 1 is 1.62 bits per heavy atom. The molecular formula is C9H17NO5S. The van der Waals surface area contributed by atoms with Gasteiger partial charge < -0.3 is 9.84 Å². The molecule has 0 saturated carbocycles. The Kier molecular flexibility index (Phi) is 6.95.